The molecule has 0 fully saturated rings. The van der Waals surface area contributed by atoms with Crippen LogP contribution in [0.5, 0.6) is 0 Å². The van der Waals surface area contributed by atoms with Crippen LogP contribution in [0.15, 0.2) is 22.0 Å². The molecule has 0 saturated carbocycles. The van der Waals surface area contributed by atoms with Gasteiger partial charge in [-0.25, -0.2) is 9.97 Å². The Morgan fingerprint density at radius 3 is 2.82 bits per heavy atom. The van der Waals surface area contributed by atoms with Gasteiger partial charge in [-0.15, -0.1) is 11.3 Å². The summed E-state index contributed by atoms with van der Waals surface area (Å²) in [6.45, 7) is 5.73. The molecule has 3 nitrogen and oxygen atoms in total. The number of thiophene rings is 1. The monoisotopic (exact) mass is 311 g/mol. The normalized spacial score (nSPS) is 10.8. The van der Waals surface area contributed by atoms with E-state index >= 15 is 0 Å². The molecule has 1 N–H and O–H groups in total. The van der Waals surface area contributed by atoms with E-state index < -0.39 is 0 Å². The third-order valence-electron chi connectivity index (χ3n) is 2.25. The topological polar surface area (TPSA) is 37.8 Å². The summed E-state index contributed by atoms with van der Waals surface area (Å²) < 4.78 is 1.10. The summed E-state index contributed by atoms with van der Waals surface area (Å²) in [7, 11) is 0. The summed E-state index contributed by atoms with van der Waals surface area (Å²) in [6.07, 6.45) is 0. The zero-order valence-corrected chi connectivity index (χ0v) is 12.2. The van der Waals surface area contributed by atoms with Crippen LogP contribution in [0.2, 0.25) is 0 Å². The molecule has 2 heterocycles. The van der Waals surface area contributed by atoms with Gasteiger partial charge in [0.2, 0.25) is 0 Å². The van der Waals surface area contributed by atoms with Crippen molar-refractivity contribution in [1.82, 2.24) is 15.3 Å². The molecule has 0 amide bonds. The molecule has 5 heteroatoms. The van der Waals surface area contributed by atoms with E-state index in [0.717, 1.165) is 34.8 Å². The molecule has 0 aliphatic rings. The van der Waals surface area contributed by atoms with Crippen molar-refractivity contribution in [2.24, 2.45) is 0 Å². The summed E-state index contributed by atoms with van der Waals surface area (Å²) >= 11 is 5.15. The zero-order chi connectivity index (χ0) is 12.3. The number of nitrogens with one attached hydrogen (secondary N) is 1. The minimum atomic E-state index is 0.720. The van der Waals surface area contributed by atoms with Crippen LogP contribution in [-0.2, 0) is 6.54 Å². The number of hydrogen-bond acceptors (Lipinski definition) is 4. The van der Waals surface area contributed by atoms with Crippen molar-refractivity contribution in [3.8, 4) is 10.6 Å². The highest BCUT2D eigenvalue weighted by atomic mass is 79.9. The van der Waals surface area contributed by atoms with Crippen LogP contribution in [0.25, 0.3) is 10.6 Å². The molecular formula is C12H14BrN3S. The largest absolute Gasteiger partial charge is 0.310 e. The Hall–Kier alpha value is -0.780. The summed E-state index contributed by atoms with van der Waals surface area (Å²) in [5.41, 5.74) is 2.01. The molecule has 2 rings (SSSR count). The van der Waals surface area contributed by atoms with Crippen LogP contribution in [0, 0.1) is 6.92 Å². The van der Waals surface area contributed by atoms with E-state index in [9.17, 15) is 0 Å². The van der Waals surface area contributed by atoms with Gasteiger partial charge in [0.1, 0.15) is 5.82 Å². The van der Waals surface area contributed by atoms with Gasteiger partial charge < -0.3 is 5.32 Å². The fourth-order valence-corrected chi connectivity index (χ4v) is 2.91. The van der Waals surface area contributed by atoms with Gasteiger partial charge in [0, 0.05) is 15.5 Å². The zero-order valence-electron chi connectivity index (χ0n) is 9.83. The van der Waals surface area contributed by atoms with Crippen molar-refractivity contribution in [2.45, 2.75) is 20.4 Å². The maximum Gasteiger partial charge on any atom is 0.143 e. The van der Waals surface area contributed by atoms with E-state index in [1.165, 1.54) is 4.88 Å². The van der Waals surface area contributed by atoms with Gasteiger partial charge >= 0.3 is 0 Å². The highest BCUT2D eigenvalue weighted by molar-refractivity contribution is 9.10. The maximum absolute atomic E-state index is 4.57. The third-order valence-corrected chi connectivity index (χ3v) is 3.97. The fourth-order valence-electron chi connectivity index (χ4n) is 1.52. The number of halogens is 1. The molecule has 0 saturated heterocycles. The van der Waals surface area contributed by atoms with Crippen molar-refractivity contribution >= 4 is 27.3 Å². The molecule has 0 aromatic carbocycles. The molecule has 17 heavy (non-hydrogen) atoms. The van der Waals surface area contributed by atoms with Crippen molar-refractivity contribution in [3.63, 3.8) is 0 Å². The first-order valence-electron chi connectivity index (χ1n) is 5.48. The van der Waals surface area contributed by atoms with Crippen LogP contribution in [0.1, 0.15) is 18.4 Å². The SMILES string of the molecule is CCNCc1nc(C)cc(-c2cc(Br)cs2)n1. The second-order valence-electron chi connectivity index (χ2n) is 3.72. The van der Waals surface area contributed by atoms with Crippen LogP contribution < -0.4 is 5.32 Å². The lowest BCUT2D eigenvalue weighted by Gasteiger charge is -2.04. The number of aromatic nitrogens is 2. The van der Waals surface area contributed by atoms with Gasteiger partial charge in [-0.05, 0) is 41.5 Å². The molecule has 0 spiro atoms. The Kier molecular flexibility index (Phi) is 4.25. The smallest absolute Gasteiger partial charge is 0.143 e. The van der Waals surface area contributed by atoms with E-state index in [1.807, 2.05) is 13.0 Å². The summed E-state index contributed by atoms with van der Waals surface area (Å²) in [4.78, 5) is 10.2. The Bertz CT molecular complexity index is 510. The lowest BCUT2D eigenvalue weighted by Crippen LogP contribution is -2.14. The van der Waals surface area contributed by atoms with Gasteiger partial charge in [0.15, 0.2) is 0 Å². The van der Waals surface area contributed by atoms with E-state index in [-0.39, 0.29) is 0 Å². The molecule has 2 aromatic rings. The average Bonchev–Trinajstić information content (AvgIpc) is 2.72. The molecular weight excluding hydrogens is 298 g/mol. The van der Waals surface area contributed by atoms with Crippen LogP contribution in [-0.4, -0.2) is 16.5 Å². The van der Waals surface area contributed by atoms with Gasteiger partial charge in [0.05, 0.1) is 17.1 Å². The lowest BCUT2D eigenvalue weighted by atomic mass is 10.3. The van der Waals surface area contributed by atoms with Crippen LogP contribution in [0.3, 0.4) is 0 Å². The van der Waals surface area contributed by atoms with Crippen molar-refractivity contribution in [3.05, 3.63) is 33.5 Å². The maximum atomic E-state index is 4.57. The first kappa shape index (κ1) is 12.7. The summed E-state index contributed by atoms with van der Waals surface area (Å²) in [5, 5.41) is 5.31. The molecule has 0 aliphatic heterocycles. The molecule has 0 unspecified atom stereocenters. The lowest BCUT2D eigenvalue weighted by molar-refractivity contribution is 0.688. The number of nitrogens with zero attached hydrogens (tertiary/aromatic N) is 2. The molecule has 0 bridgehead atoms. The average molecular weight is 312 g/mol. The predicted molar refractivity (Wildman–Crippen MR) is 75.2 cm³/mol. The molecule has 0 aliphatic carbocycles. The van der Waals surface area contributed by atoms with Crippen LogP contribution >= 0.6 is 27.3 Å². The van der Waals surface area contributed by atoms with E-state index in [2.05, 4.69) is 49.6 Å². The van der Waals surface area contributed by atoms with Gasteiger partial charge in [-0.2, -0.15) is 0 Å². The van der Waals surface area contributed by atoms with E-state index in [0.29, 0.717) is 0 Å². The molecule has 90 valence electrons. The van der Waals surface area contributed by atoms with Gasteiger partial charge in [-0.1, -0.05) is 6.92 Å². The number of aryl methyl sites for hydroxylation is 1. The van der Waals surface area contributed by atoms with Crippen LogP contribution in [0.4, 0.5) is 0 Å². The Labute approximate surface area is 113 Å². The van der Waals surface area contributed by atoms with Gasteiger partial charge in [0.25, 0.3) is 0 Å². The third kappa shape index (κ3) is 3.34. The first-order chi connectivity index (χ1) is 8.19. The van der Waals surface area contributed by atoms with E-state index in [1.54, 1.807) is 11.3 Å². The van der Waals surface area contributed by atoms with Crippen molar-refractivity contribution in [2.75, 3.05) is 6.54 Å². The number of rotatable bonds is 4. The molecule has 0 atom stereocenters. The highest BCUT2D eigenvalue weighted by Gasteiger charge is 2.06. The minimum Gasteiger partial charge on any atom is -0.310 e. The second kappa shape index (κ2) is 5.71. The van der Waals surface area contributed by atoms with Crippen molar-refractivity contribution in [1.29, 1.82) is 0 Å². The predicted octanol–water partition coefficient (Wildman–Crippen LogP) is 3.39. The standard InChI is InChI=1S/C12H14BrN3S/c1-3-14-6-12-15-8(2)4-10(16-12)11-5-9(13)7-17-11/h4-5,7,14H,3,6H2,1-2H3. The Balaban J connectivity index is 2.31. The minimum absolute atomic E-state index is 0.720. The fraction of sp³-hybridized carbons (Fsp3) is 0.333. The molecule has 0 radical (unpaired) electrons. The quantitative estimate of drug-likeness (QED) is 0.940. The summed E-state index contributed by atoms with van der Waals surface area (Å²) in [5.74, 6) is 0.853. The van der Waals surface area contributed by atoms with Crippen molar-refractivity contribution < 1.29 is 0 Å². The first-order valence-corrected chi connectivity index (χ1v) is 7.16. The Morgan fingerprint density at radius 1 is 1.35 bits per heavy atom. The second-order valence-corrected chi connectivity index (χ2v) is 5.55. The number of hydrogen-bond donors (Lipinski definition) is 1. The van der Waals surface area contributed by atoms with Gasteiger partial charge in [-0.3, -0.25) is 0 Å². The highest BCUT2D eigenvalue weighted by Crippen LogP contribution is 2.28. The Morgan fingerprint density at radius 2 is 2.18 bits per heavy atom. The van der Waals surface area contributed by atoms with E-state index in [4.69, 9.17) is 0 Å². The molecule has 2 aromatic heterocycles. The summed E-state index contributed by atoms with van der Waals surface area (Å²) in [6, 6.07) is 4.11.